The fourth-order valence-electron chi connectivity index (χ4n) is 4.04. The summed E-state index contributed by atoms with van der Waals surface area (Å²) in [5.74, 6) is 1.40. The lowest BCUT2D eigenvalue weighted by molar-refractivity contribution is -0.118. The predicted molar refractivity (Wildman–Crippen MR) is 126 cm³/mol. The van der Waals surface area contributed by atoms with Gasteiger partial charge in [0.1, 0.15) is 11.5 Å². The van der Waals surface area contributed by atoms with Gasteiger partial charge in [0, 0.05) is 6.42 Å². The van der Waals surface area contributed by atoms with Gasteiger partial charge in [-0.05, 0) is 55.7 Å². The Morgan fingerprint density at radius 3 is 2.69 bits per heavy atom. The number of benzene rings is 2. The van der Waals surface area contributed by atoms with Crippen molar-refractivity contribution < 1.29 is 19.1 Å². The average Bonchev–Trinajstić information content (AvgIpc) is 3.30. The number of hydrogen-bond donors (Lipinski definition) is 0. The van der Waals surface area contributed by atoms with Crippen LogP contribution in [0.5, 0.6) is 11.5 Å². The van der Waals surface area contributed by atoms with E-state index in [0.29, 0.717) is 28.8 Å². The van der Waals surface area contributed by atoms with Crippen molar-refractivity contribution in [2.45, 2.75) is 44.3 Å². The number of carbonyl (C=O) groups excluding carboxylic acids is 2. The number of aryl methyl sites for hydroxylation is 1. The molecule has 1 amide bonds. The maximum atomic E-state index is 13.4. The number of Topliss-reactive ketones (excluding diaryl/α,β-unsaturated/α-hetero) is 1. The molecule has 6 nitrogen and oxygen atoms in total. The molecule has 0 radical (unpaired) electrons. The molecule has 0 saturated heterocycles. The summed E-state index contributed by atoms with van der Waals surface area (Å²) in [6.07, 6.45) is 6.22. The van der Waals surface area contributed by atoms with Crippen LogP contribution in [0.3, 0.4) is 0 Å². The first-order chi connectivity index (χ1) is 15.6. The fraction of sp³-hybridized carbons (Fsp3) is 0.320. The molecular formula is C25H24N2O4S. The summed E-state index contributed by atoms with van der Waals surface area (Å²) < 4.78 is 10.8. The van der Waals surface area contributed by atoms with E-state index in [9.17, 15) is 9.59 Å². The fourth-order valence-corrected chi connectivity index (χ4v) is 5.27. The van der Waals surface area contributed by atoms with Crippen molar-refractivity contribution >= 4 is 40.4 Å². The molecule has 0 spiro atoms. The summed E-state index contributed by atoms with van der Waals surface area (Å²) in [5, 5.41) is 0.396. The molecule has 0 aromatic heterocycles. The Balaban J connectivity index is 1.49. The van der Waals surface area contributed by atoms with E-state index in [1.807, 2.05) is 49.4 Å². The summed E-state index contributed by atoms with van der Waals surface area (Å²) in [4.78, 5) is 32.4. The number of ketones is 1. The zero-order valence-corrected chi connectivity index (χ0v) is 18.7. The van der Waals surface area contributed by atoms with Crippen LogP contribution in [0.1, 0.15) is 43.2 Å². The summed E-state index contributed by atoms with van der Waals surface area (Å²) in [6.45, 7) is 2.21. The van der Waals surface area contributed by atoms with E-state index >= 15 is 0 Å². The molecular weight excluding hydrogens is 424 g/mol. The Labute approximate surface area is 191 Å². The average molecular weight is 449 g/mol. The van der Waals surface area contributed by atoms with Crippen LogP contribution in [0.25, 0.3) is 6.08 Å². The Hall–Kier alpha value is -3.06. The summed E-state index contributed by atoms with van der Waals surface area (Å²) in [5.41, 5.74) is 3.01. The van der Waals surface area contributed by atoms with E-state index < -0.39 is 0 Å². The van der Waals surface area contributed by atoms with Gasteiger partial charge in [-0.3, -0.25) is 14.5 Å². The highest BCUT2D eigenvalue weighted by Crippen LogP contribution is 2.36. The number of hydrogen-bond acceptors (Lipinski definition) is 6. The zero-order valence-electron chi connectivity index (χ0n) is 17.9. The highest BCUT2D eigenvalue weighted by molar-refractivity contribution is 8.15. The Bertz CT molecular complexity index is 1120. The van der Waals surface area contributed by atoms with Crippen molar-refractivity contribution in [3.05, 3.63) is 59.3 Å². The van der Waals surface area contributed by atoms with Gasteiger partial charge in [-0.1, -0.05) is 48.4 Å². The monoisotopic (exact) mass is 448 g/mol. The molecule has 2 aromatic carbocycles. The molecule has 1 aliphatic carbocycles. The smallest absolute Gasteiger partial charge is 0.283 e. The van der Waals surface area contributed by atoms with Crippen LogP contribution in [0.15, 0.2) is 53.2 Å². The second-order valence-corrected chi connectivity index (χ2v) is 9.35. The molecule has 0 bridgehead atoms. The first kappa shape index (κ1) is 20.8. The maximum absolute atomic E-state index is 13.4. The standard InChI is InChI=1S/C25H24N2O4S/c1-16-7-10-18(11-8-16)27-24(29)19(13-17-9-12-21-22(14-17)31-15-30-21)26-25(27)32-23-6-4-2-3-5-20(23)28/h7-14,23H,2-6,15H2,1H3/b19-13-. The summed E-state index contributed by atoms with van der Waals surface area (Å²) in [6, 6.07) is 13.3. The lowest BCUT2D eigenvalue weighted by atomic mass is 10.1. The maximum Gasteiger partial charge on any atom is 0.283 e. The van der Waals surface area contributed by atoms with Crippen molar-refractivity contribution in [3.8, 4) is 11.5 Å². The number of fused-ring (bicyclic) bond motifs is 1. The van der Waals surface area contributed by atoms with Crippen LogP contribution in [0.2, 0.25) is 0 Å². The third kappa shape index (κ3) is 4.17. The molecule has 32 heavy (non-hydrogen) atoms. The molecule has 0 N–H and O–H groups in total. The molecule has 5 rings (SSSR count). The molecule has 7 heteroatoms. The second-order valence-electron chi connectivity index (χ2n) is 8.18. The number of anilines is 1. The Morgan fingerprint density at radius 1 is 1.03 bits per heavy atom. The zero-order chi connectivity index (χ0) is 22.1. The lowest BCUT2D eigenvalue weighted by Crippen LogP contribution is -2.32. The highest BCUT2D eigenvalue weighted by atomic mass is 32.2. The van der Waals surface area contributed by atoms with Crippen LogP contribution in [0.4, 0.5) is 5.69 Å². The van der Waals surface area contributed by atoms with Crippen molar-refractivity contribution in [2.24, 2.45) is 4.99 Å². The highest BCUT2D eigenvalue weighted by Gasteiger charge is 2.35. The minimum absolute atomic E-state index is 0.165. The third-order valence-electron chi connectivity index (χ3n) is 5.82. The predicted octanol–water partition coefficient (Wildman–Crippen LogP) is 5.10. The number of rotatable bonds is 3. The van der Waals surface area contributed by atoms with Crippen molar-refractivity contribution in [3.63, 3.8) is 0 Å². The Morgan fingerprint density at radius 2 is 1.84 bits per heavy atom. The molecule has 1 saturated carbocycles. The van der Waals surface area contributed by atoms with Crippen molar-refractivity contribution in [1.82, 2.24) is 0 Å². The van der Waals surface area contributed by atoms with Crippen molar-refractivity contribution in [1.29, 1.82) is 0 Å². The van der Waals surface area contributed by atoms with Crippen molar-refractivity contribution in [2.75, 3.05) is 11.7 Å². The van der Waals surface area contributed by atoms with Crippen LogP contribution < -0.4 is 14.4 Å². The number of amides is 1. The van der Waals surface area contributed by atoms with Gasteiger partial charge in [0.05, 0.1) is 10.9 Å². The number of ether oxygens (including phenoxy) is 2. The Kier molecular flexibility index (Phi) is 5.74. The van der Waals surface area contributed by atoms with Gasteiger partial charge in [-0.15, -0.1) is 0 Å². The normalized spacial score (nSPS) is 21.8. The third-order valence-corrected chi connectivity index (χ3v) is 7.09. The van der Waals surface area contributed by atoms with E-state index in [2.05, 4.69) is 0 Å². The number of aliphatic imine (C=N–C) groups is 1. The van der Waals surface area contributed by atoms with Gasteiger partial charge in [-0.25, -0.2) is 4.99 Å². The largest absolute Gasteiger partial charge is 0.454 e. The molecule has 1 fully saturated rings. The SMILES string of the molecule is Cc1ccc(N2C(=O)/C(=C/c3ccc4c(c3)OCO4)N=C2SC2CCCCCC2=O)cc1. The molecule has 1 unspecified atom stereocenters. The number of carbonyl (C=O) groups is 2. The number of thioether (sulfide) groups is 1. The van der Waals surface area contributed by atoms with Crippen LogP contribution in [-0.4, -0.2) is 28.9 Å². The van der Waals surface area contributed by atoms with Gasteiger partial charge in [0.2, 0.25) is 6.79 Å². The summed E-state index contributed by atoms with van der Waals surface area (Å²) in [7, 11) is 0. The molecule has 2 aromatic rings. The van der Waals surface area contributed by atoms with Crippen LogP contribution >= 0.6 is 11.8 Å². The lowest BCUT2D eigenvalue weighted by Gasteiger charge is -2.20. The van der Waals surface area contributed by atoms with Gasteiger partial charge in [0.25, 0.3) is 5.91 Å². The minimum Gasteiger partial charge on any atom is -0.454 e. The number of nitrogens with zero attached hydrogens (tertiary/aromatic N) is 2. The minimum atomic E-state index is -0.199. The van der Waals surface area contributed by atoms with Gasteiger partial charge in [-0.2, -0.15) is 0 Å². The first-order valence-corrected chi connectivity index (χ1v) is 11.8. The quantitative estimate of drug-likeness (QED) is 0.483. The summed E-state index contributed by atoms with van der Waals surface area (Å²) >= 11 is 1.41. The molecule has 2 heterocycles. The molecule has 164 valence electrons. The molecule has 3 aliphatic rings. The van der Waals surface area contributed by atoms with E-state index in [-0.39, 0.29) is 23.7 Å². The van der Waals surface area contributed by atoms with E-state index in [4.69, 9.17) is 14.5 Å². The van der Waals surface area contributed by atoms with Gasteiger partial charge in [0.15, 0.2) is 16.7 Å². The van der Waals surface area contributed by atoms with E-state index in [1.54, 1.807) is 11.0 Å². The van der Waals surface area contributed by atoms with E-state index in [1.165, 1.54) is 11.8 Å². The van der Waals surface area contributed by atoms with Gasteiger partial charge < -0.3 is 9.47 Å². The number of amidine groups is 1. The molecule has 2 aliphatic heterocycles. The van der Waals surface area contributed by atoms with E-state index in [0.717, 1.165) is 42.5 Å². The topological polar surface area (TPSA) is 68.2 Å². The second kappa shape index (κ2) is 8.82. The first-order valence-electron chi connectivity index (χ1n) is 10.9. The van der Waals surface area contributed by atoms with Gasteiger partial charge >= 0.3 is 0 Å². The van der Waals surface area contributed by atoms with Crippen LogP contribution in [0, 0.1) is 6.92 Å². The van der Waals surface area contributed by atoms with Crippen LogP contribution in [-0.2, 0) is 9.59 Å². The molecule has 1 atom stereocenters.